The molecule has 0 aliphatic rings. The van der Waals surface area contributed by atoms with Crippen LogP contribution in [0, 0.1) is 0 Å². The van der Waals surface area contributed by atoms with E-state index < -0.39 is 0 Å². The maximum Gasteiger partial charge on any atom is 0.226 e. The Morgan fingerprint density at radius 1 is 1.31 bits per heavy atom. The molecule has 6 nitrogen and oxygen atoms in total. The van der Waals surface area contributed by atoms with Gasteiger partial charge in [0.05, 0.1) is 32.0 Å². The number of nitrogens with one attached hydrogen (secondary N) is 1. The van der Waals surface area contributed by atoms with Gasteiger partial charge >= 0.3 is 0 Å². The quantitative estimate of drug-likeness (QED) is 0.566. The van der Waals surface area contributed by atoms with Gasteiger partial charge in [0.1, 0.15) is 11.5 Å². The number of carbonyl (C=O) groups excluding carboxylic acids is 1. The number of rotatable bonds is 6. The summed E-state index contributed by atoms with van der Waals surface area (Å²) in [6.07, 6.45) is 3.85. The number of carbonyl (C=O) groups is 1. The third-order valence-electron chi connectivity index (χ3n) is 4.05. The maximum absolute atomic E-state index is 12.2. The average molecular weight is 367 g/mol. The summed E-state index contributed by atoms with van der Waals surface area (Å²) in [7, 11) is 1.64. The predicted molar refractivity (Wildman–Crippen MR) is 99.3 cm³/mol. The molecular weight excluding hydrogens is 350 g/mol. The first-order valence-electron chi connectivity index (χ1n) is 8.12. The average Bonchev–Trinajstić information content (AvgIpc) is 3.39. The molecule has 7 heteroatoms. The Labute approximate surface area is 154 Å². The van der Waals surface area contributed by atoms with Gasteiger partial charge in [-0.1, -0.05) is 0 Å². The lowest BCUT2D eigenvalue weighted by Gasteiger charge is -2.03. The number of methoxy groups -OCH3 is 1. The van der Waals surface area contributed by atoms with Crippen LogP contribution in [0.25, 0.3) is 16.2 Å². The van der Waals surface area contributed by atoms with Crippen molar-refractivity contribution in [2.45, 2.75) is 13.0 Å². The Hall–Kier alpha value is -3.06. The Morgan fingerprint density at radius 3 is 2.88 bits per heavy atom. The van der Waals surface area contributed by atoms with E-state index >= 15 is 0 Å². The molecular formula is C19H17N3O3S. The van der Waals surface area contributed by atoms with Gasteiger partial charge in [-0.05, 0) is 36.4 Å². The normalized spacial score (nSPS) is 11.0. The third-order valence-corrected chi connectivity index (χ3v) is 4.94. The highest BCUT2D eigenvalue weighted by molar-refractivity contribution is 7.15. The van der Waals surface area contributed by atoms with Crippen LogP contribution in [0.3, 0.4) is 0 Å². The van der Waals surface area contributed by atoms with E-state index in [1.807, 2.05) is 46.3 Å². The molecule has 0 saturated heterocycles. The second kappa shape index (κ2) is 7.05. The van der Waals surface area contributed by atoms with Crippen LogP contribution >= 0.6 is 11.3 Å². The molecule has 0 spiro atoms. The molecule has 0 aliphatic carbocycles. The summed E-state index contributed by atoms with van der Waals surface area (Å²) in [5, 5.41) is 4.83. The summed E-state index contributed by atoms with van der Waals surface area (Å²) < 4.78 is 12.4. The van der Waals surface area contributed by atoms with Crippen molar-refractivity contribution in [1.82, 2.24) is 14.7 Å². The number of hydrogen-bond donors (Lipinski definition) is 1. The van der Waals surface area contributed by atoms with Gasteiger partial charge in [-0.2, -0.15) is 0 Å². The molecule has 26 heavy (non-hydrogen) atoms. The highest BCUT2D eigenvalue weighted by Crippen LogP contribution is 2.25. The number of imidazole rings is 1. The summed E-state index contributed by atoms with van der Waals surface area (Å²) in [4.78, 5) is 17.7. The molecule has 3 heterocycles. The molecule has 4 aromatic rings. The monoisotopic (exact) mass is 367 g/mol. The van der Waals surface area contributed by atoms with Gasteiger partial charge in [0.15, 0.2) is 4.96 Å². The van der Waals surface area contributed by atoms with Crippen molar-refractivity contribution in [2.75, 3.05) is 7.11 Å². The van der Waals surface area contributed by atoms with Gasteiger partial charge in [-0.15, -0.1) is 11.3 Å². The van der Waals surface area contributed by atoms with E-state index in [1.165, 1.54) is 11.3 Å². The molecule has 1 amide bonds. The van der Waals surface area contributed by atoms with E-state index in [0.717, 1.165) is 33.4 Å². The molecule has 4 rings (SSSR count). The van der Waals surface area contributed by atoms with E-state index in [2.05, 4.69) is 10.3 Å². The number of hydrogen-bond acceptors (Lipinski definition) is 5. The SMILES string of the molecule is COc1ccc(-c2cn3c(CC(=O)NCc4ccco4)csc3n2)cc1. The second-order valence-electron chi connectivity index (χ2n) is 5.77. The highest BCUT2D eigenvalue weighted by Gasteiger charge is 2.13. The largest absolute Gasteiger partial charge is 0.497 e. The predicted octanol–water partition coefficient (Wildman–Crippen LogP) is 3.52. The standard InChI is InChI=1S/C19H17N3O3S/c1-24-15-6-4-13(5-7-15)17-11-22-14(12-26-19(22)21-17)9-18(23)20-10-16-3-2-8-25-16/h2-8,11-12H,9-10H2,1H3,(H,20,23). The Balaban J connectivity index is 1.49. The Morgan fingerprint density at radius 2 is 2.15 bits per heavy atom. The number of aromatic nitrogens is 2. The Kier molecular flexibility index (Phi) is 4.45. The molecule has 1 N–H and O–H groups in total. The van der Waals surface area contributed by atoms with Crippen molar-refractivity contribution in [3.05, 3.63) is 65.7 Å². The molecule has 0 saturated carbocycles. The number of furan rings is 1. The highest BCUT2D eigenvalue weighted by atomic mass is 32.1. The number of ether oxygens (including phenoxy) is 1. The number of benzene rings is 1. The van der Waals surface area contributed by atoms with E-state index in [-0.39, 0.29) is 5.91 Å². The summed E-state index contributed by atoms with van der Waals surface area (Å²) in [5.74, 6) is 1.49. The van der Waals surface area contributed by atoms with Crippen molar-refractivity contribution >= 4 is 22.2 Å². The smallest absolute Gasteiger partial charge is 0.226 e. The molecule has 0 aliphatic heterocycles. The van der Waals surface area contributed by atoms with Crippen molar-refractivity contribution in [1.29, 1.82) is 0 Å². The molecule has 0 fully saturated rings. The fourth-order valence-corrected chi connectivity index (χ4v) is 3.56. The van der Waals surface area contributed by atoms with E-state index in [0.29, 0.717) is 13.0 Å². The molecule has 132 valence electrons. The number of amides is 1. The van der Waals surface area contributed by atoms with Crippen LogP contribution in [0.15, 0.2) is 58.7 Å². The summed E-state index contributed by atoms with van der Waals surface area (Å²) in [6, 6.07) is 11.4. The second-order valence-corrected chi connectivity index (χ2v) is 6.60. The summed E-state index contributed by atoms with van der Waals surface area (Å²) in [6.45, 7) is 0.389. The Bertz CT molecular complexity index is 1020. The van der Waals surface area contributed by atoms with Crippen molar-refractivity contribution in [2.24, 2.45) is 0 Å². The molecule has 0 bridgehead atoms. The van der Waals surface area contributed by atoms with Gasteiger partial charge in [-0.3, -0.25) is 9.20 Å². The molecule has 3 aromatic heterocycles. The molecule has 0 unspecified atom stereocenters. The molecule has 0 atom stereocenters. The fraction of sp³-hybridized carbons (Fsp3) is 0.158. The zero-order valence-corrected chi connectivity index (χ0v) is 15.0. The van der Waals surface area contributed by atoms with Gasteiger partial charge in [0, 0.05) is 22.8 Å². The van der Waals surface area contributed by atoms with Gasteiger partial charge in [-0.25, -0.2) is 4.98 Å². The lowest BCUT2D eigenvalue weighted by molar-refractivity contribution is -0.120. The van der Waals surface area contributed by atoms with Gasteiger partial charge in [0.2, 0.25) is 5.91 Å². The first kappa shape index (κ1) is 16.4. The van der Waals surface area contributed by atoms with Crippen LogP contribution in [0.1, 0.15) is 11.5 Å². The van der Waals surface area contributed by atoms with Crippen molar-refractivity contribution < 1.29 is 13.9 Å². The summed E-state index contributed by atoms with van der Waals surface area (Å²) in [5.41, 5.74) is 2.79. The minimum Gasteiger partial charge on any atom is -0.497 e. The number of fused-ring (bicyclic) bond motifs is 1. The van der Waals surface area contributed by atoms with Crippen molar-refractivity contribution in [3.8, 4) is 17.0 Å². The van der Waals surface area contributed by atoms with E-state index in [9.17, 15) is 4.79 Å². The minimum atomic E-state index is -0.0548. The van der Waals surface area contributed by atoms with Crippen LogP contribution in [0.4, 0.5) is 0 Å². The zero-order chi connectivity index (χ0) is 17.9. The van der Waals surface area contributed by atoms with Crippen molar-refractivity contribution in [3.63, 3.8) is 0 Å². The lowest BCUT2D eigenvalue weighted by Crippen LogP contribution is -2.24. The van der Waals surface area contributed by atoms with Crippen LogP contribution < -0.4 is 10.1 Å². The van der Waals surface area contributed by atoms with Gasteiger partial charge in [0.25, 0.3) is 0 Å². The van der Waals surface area contributed by atoms with Crippen LogP contribution in [0.2, 0.25) is 0 Å². The molecule has 1 aromatic carbocycles. The first-order chi connectivity index (χ1) is 12.7. The third kappa shape index (κ3) is 3.34. The summed E-state index contributed by atoms with van der Waals surface area (Å²) >= 11 is 1.52. The fourth-order valence-electron chi connectivity index (χ4n) is 2.68. The number of nitrogens with zero attached hydrogens (tertiary/aromatic N) is 2. The number of thiazole rings is 1. The van der Waals surface area contributed by atoms with Crippen LogP contribution in [-0.4, -0.2) is 22.4 Å². The van der Waals surface area contributed by atoms with Crippen LogP contribution in [-0.2, 0) is 17.8 Å². The zero-order valence-electron chi connectivity index (χ0n) is 14.1. The lowest BCUT2D eigenvalue weighted by atomic mass is 10.2. The topological polar surface area (TPSA) is 68.8 Å². The first-order valence-corrected chi connectivity index (χ1v) is 9.00. The van der Waals surface area contributed by atoms with E-state index in [4.69, 9.17) is 9.15 Å². The van der Waals surface area contributed by atoms with E-state index in [1.54, 1.807) is 19.4 Å². The minimum absolute atomic E-state index is 0.0548. The molecule has 0 radical (unpaired) electrons. The van der Waals surface area contributed by atoms with Gasteiger partial charge < -0.3 is 14.5 Å². The maximum atomic E-state index is 12.2. The van der Waals surface area contributed by atoms with Crippen LogP contribution in [0.5, 0.6) is 5.75 Å².